The third kappa shape index (κ3) is 2.09. The second-order valence-electron chi connectivity index (χ2n) is 8.60. The van der Waals surface area contributed by atoms with Crippen molar-refractivity contribution in [3.63, 3.8) is 0 Å². The zero-order valence-corrected chi connectivity index (χ0v) is 17.6. The number of rotatable bonds is 1. The van der Waals surface area contributed by atoms with Gasteiger partial charge in [-0.15, -0.1) is 0 Å². The van der Waals surface area contributed by atoms with E-state index in [4.69, 9.17) is 0 Å². The summed E-state index contributed by atoms with van der Waals surface area (Å²) in [6, 6.07) is 31.0. The Hall–Kier alpha value is -3.91. The Morgan fingerprint density at radius 1 is 0.677 bits per heavy atom. The van der Waals surface area contributed by atoms with Gasteiger partial charge in [0.15, 0.2) is 6.20 Å². The lowest BCUT2D eigenvalue weighted by Crippen LogP contribution is -2.28. The molecule has 4 aromatic carbocycles. The molecule has 0 saturated carbocycles. The minimum Gasteiger partial charge on any atom is -0.303 e. The van der Waals surface area contributed by atoms with Crippen LogP contribution in [0.3, 0.4) is 0 Å². The third-order valence-electron chi connectivity index (χ3n) is 6.87. The predicted molar refractivity (Wildman–Crippen MR) is 130 cm³/mol. The predicted octanol–water partition coefficient (Wildman–Crippen LogP) is 6.79. The van der Waals surface area contributed by atoms with Gasteiger partial charge in [-0.05, 0) is 41.1 Å². The molecule has 0 aliphatic rings. The van der Waals surface area contributed by atoms with Crippen molar-refractivity contribution in [2.75, 3.05) is 0 Å². The molecule has 7 rings (SSSR count). The SMILES string of the molecule is Cc1ccc2cccc3c2c1c1c2c(cc[n+]1C)c1ccc(-c4ccccc4)cc1n32. The highest BCUT2D eigenvalue weighted by molar-refractivity contribution is 6.25. The van der Waals surface area contributed by atoms with Gasteiger partial charge in [0.25, 0.3) is 0 Å². The van der Waals surface area contributed by atoms with Gasteiger partial charge in [0.2, 0.25) is 5.52 Å². The molecule has 0 bridgehead atoms. The molecule has 0 aliphatic carbocycles. The zero-order chi connectivity index (χ0) is 20.7. The Bertz CT molecular complexity index is 1790. The lowest BCUT2D eigenvalue weighted by Gasteiger charge is -2.13. The second kappa shape index (κ2) is 5.83. The molecule has 0 amide bonds. The molecule has 31 heavy (non-hydrogen) atoms. The maximum atomic E-state index is 2.49. The average molecular weight is 398 g/mol. The number of hydrogen-bond donors (Lipinski definition) is 0. The molecule has 0 N–H and O–H groups in total. The first-order valence-corrected chi connectivity index (χ1v) is 10.8. The van der Waals surface area contributed by atoms with E-state index < -0.39 is 0 Å². The van der Waals surface area contributed by atoms with E-state index in [1.54, 1.807) is 0 Å². The van der Waals surface area contributed by atoms with E-state index in [-0.39, 0.29) is 0 Å². The molecular formula is C29H21N2+. The van der Waals surface area contributed by atoms with Crippen molar-refractivity contribution in [3.8, 4) is 11.1 Å². The summed E-state index contributed by atoms with van der Waals surface area (Å²) in [6.07, 6.45) is 2.21. The summed E-state index contributed by atoms with van der Waals surface area (Å²) in [6.45, 7) is 2.23. The summed E-state index contributed by atoms with van der Waals surface area (Å²) in [5, 5.41) is 6.62. The first kappa shape index (κ1) is 16.8. The second-order valence-corrected chi connectivity index (χ2v) is 8.60. The monoisotopic (exact) mass is 397 g/mol. The van der Waals surface area contributed by atoms with E-state index >= 15 is 0 Å². The molecule has 2 heteroatoms. The molecule has 0 unspecified atom stereocenters. The van der Waals surface area contributed by atoms with Gasteiger partial charge >= 0.3 is 0 Å². The Labute approximate surface area is 179 Å². The Kier molecular flexibility index (Phi) is 3.17. The molecule has 7 aromatic rings. The van der Waals surface area contributed by atoms with Crippen molar-refractivity contribution in [2.45, 2.75) is 6.92 Å². The highest BCUT2D eigenvalue weighted by atomic mass is 15.0. The number of aryl methyl sites for hydroxylation is 2. The number of hydrogen-bond acceptors (Lipinski definition) is 0. The van der Waals surface area contributed by atoms with Crippen molar-refractivity contribution in [1.29, 1.82) is 0 Å². The number of pyridine rings is 2. The molecule has 0 spiro atoms. The first-order chi connectivity index (χ1) is 15.2. The highest BCUT2D eigenvalue weighted by Gasteiger charge is 2.24. The van der Waals surface area contributed by atoms with E-state index in [2.05, 4.69) is 114 Å². The van der Waals surface area contributed by atoms with Crippen LogP contribution in [0.2, 0.25) is 0 Å². The Morgan fingerprint density at radius 2 is 1.55 bits per heavy atom. The van der Waals surface area contributed by atoms with Gasteiger partial charge in [0.1, 0.15) is 12.6 Å². The van der Waals surface area contributed by atoms with Crippen LogP contribution in [0.1, 0.15) is 5.56 Å². The zero-order valence-electron chi connectivity index (χ0n) is 17.6. The molecular weight excluding hydrogens is 376 g/mol. The number of aromatic nitrogens is 2. The highest BCUT2D eigenvalue weighted by Crippen LogP contribution is 2.40. The minimum atomic E-state index is 1.25. The van der Waals surface area contributed by atoms with Crippen LogP contribution in [-0.2, 0) is 7.05 Å². The van der Waals surface area contributed by atoms with Gasteiger partial charge in [0.05, 0.1) is 16.4 Å². The van der Waals surface area contributed by atoms with Crippen LogP contribution in [0, 0.1) is 6.92 Å². The summed E-state index contributed by atoms with van der Waals surface area (Å²) in [4.78, 5) is 0. The summed E-state index contributed by atoms with van der Waals surface area (Å²) in [5.41, 5.74) is 8.98. The fraction of sp³-hybridized carbons (Fsp3) is 0.0690. The van der Waals surface area contributed by atoms with Gasteiger partial charge in [-0.3, -0.25) is 0 Å². The van der Waals surface area contributed by atoms with E-state index in [0.717, 1.165) is 0 Å². The Balaban J connectivity index is 1.81. The fourth-order valence-corrected chi connectivity index (χ4v) is 5.45. The maximum absolute atomic E-state index is 2.49. The van der Waals surface area contributed by atoms with Crippen LogP contribution in [0.5, 0.6) is 0 Å². The topological polar surface area (TPSA) is 8.29 Å². The normalized spacial score (nSPS) is 12.2. The van der Waals surface area contributed by atoms with Crippen molar-refractivity contribution in [3.05, 3.63) is 96.7 Å². The summed E-state index contributed by atoms with van der Waals surface area (Å²) in [5.74, 6) is 0. The number of nitrogens with zero attached hydrogens (tertiary/aromatic N) is 2. The molecule has 0 atom stereocenters. The largest absolute Gasteiger partial charge is 0.303 e. The quantitative estimate of drug-likeness (QED) is 0.164. The summed E-state index contributed by atoms with van der Waals surface area (Å²) in [7, 11) is 2.17. The fourth-order valence-electron chi connectivity index (χ4n) is 5.45. The summed E-state index contributed by atoms with van der Waals surface area (Å²) < 4.78 is 4.77. The smallest absolute Gasteiger partial charge is 0.238 e. The van der Waals surface area contributed by atoms with Crippen molar-refractivity contribution in [1.82, 2.24) is 4.40 Å². The van der Waals surface area contributed by atoms with Crippen molar-refractivity contribution in [2.24, 2.45) is 7.05 Å². The van der Waals surface area contributed by atoms with Crippen LogP contribution < -0.4 is 4.57 Å². The van der Waals surface area contributed by atoms with Gasteiger partial charge in [0, 0.05) is 22.2 Å². The molecule has 0 aliphatic heterocycles. The van der Waals surface area contributed by atoms with Crippen LogP contribution in [0.4, 0.5) is 0 Å². The minimum absolute atomic E-state index is 1.25. The molecule has 0 fully saturated rings. The van der Waals surface area contributed by atoms with E-state index in [0.29, 0.717) is 0 Å². The summed E-state index contributed by atoms with van der Waals surface area (Å²) >= 11 is 0. The lowest BCUT2D eigenvalue weighted by atomic mass is 9.98. The van der Waals surface area contributed by atoms with Gasteiger partial charge in [-0.25, -0.2) is 0 Å². The van der Waals surface area contributed by atoms with E-state index in [9.17, 15) is 0 Å². The maximum Gasteiger partial charge on any atom is 0.238 e. The van der Waals surface area contributed by atoms with Crippen LogP contribution in [-0.4, -0.2) is 4.40 Å². The number of fused-ring (bicyclic) bond motifs is 5. The van der Waals surface area contributed by atoms with Crippen LogP contribution >= 0.6 is 0 Å². The van der Waals surface area contributed by atoms with Gasteiger partial charge < -0.3 is 4.40 Å². The van der Waals surface area contributed by atoms with Crippen molar-refractivity contribution >= 4 is 49.0 Å². The van der Waals surface area contributed by atoms with Crippen molar-refractivity contribution < 1.29 is 4.57 Å². The Morgan fingerprint density at radius 3 is 2.42 bits per heavy atom. The van der Waals surface area contributed by atoms with Crippen LogP contribution in [0.25, 0.3) is 60.1 Å². The first-order valence-electron chi connectivity index (χ1n) is 10.8. The average Bonchev–Trinajstić information content (AvgIpc) is 3.14. The van der Waals surface area contributed by atoms with Crippen LogP contribution in [0.15, 0.2) is 91.1 Å². The molecule has 0 radical (unpaired) electrons. The number of benzene rings is 4. The molecule has 3 heterocycles. The third-order valence-corrected chi connectivity index (χ3v) is 6.87. The lowest BCUT2D eigenvalue weighted by molar-refractivity contribution is -0.644. The van der Waals surface area contributed by atoms with E-state index in [1.165, 1.54) is 65.7 Å². The molecule has 0 saturated heterocycles. The molecule has 2 nitrogen and oxygen atoms in total. The standard InChI is InChI=1S/C29H21N2/c1-18-11-12-20-9-6-10-24-27(20)26(18)29-28-23(15-16-30(29)2)22-14-13-21(17-25(22)31(24)28)19-7-4-3-5-8-19/h3-17H,1-2H3/q+1. The molecule has 3 aromatic heterocycles. The van der Waals surface area contributed by atoms with Gasteiger partial charge in [-0.2, -0.15) is 4.57 Å². The van der Waals surface area contributed by atoms with Gasteiger partial charge in [-0.1, -0.05) is 66.7 Å². The molecule has 146 valence electrons. The van der Waals surface area contributed by atoms with E-state index in [1.807, 2.05) is 0 Å².